The molecule has 11 heteroatoms. The molecule has 5 rings (SSSR count). The molecule has 6 N–H and O–H groups in total. The van der Waals surface area contributed by atoms with E-state index in [1.807, 2.05) is 106 Å². The number of carbonyl (C=O) groups is 4. The third-order valence-electron chi connectivity index (χ3n) is 9.50. The monoisotopic (exact) mass is 721 g/mol. The van der Waals surface area contributed by atoms with Crippen LogP contribution in [0.15, 0.2) is 97.1 Å². The van der Waals surface area contributed by atoms with Gasteiger partial charge < -0.3 is 36.4 Å². The standard InChI is InChI=1S/C42H51N5O6/c1-42(2,3)47(41(52)33-20-12-13-21-44-33)26-36(48)34(22-28-14-6-4-7-15-28)45-40(51)35(25-38(43)49)46-39(50)32-23-30-18-10-11-19-31(30)24-37(32)53-27-29-16-8-5-9-17-29/h4-11,14-19,23-24,33-36,44,48H,12-13,20-22,25-27H2,1-3H3,(H2,43,49)(H,45,51)(H,46,50)/t33-,34-,35-,36+/m0/s1. The van der Waals surface area contributed by atoms with Crippen molar-refractivity contribution in [3.05, 3.63) is 114 Å². The molecule has 1 aliphatic rings. The van der Waals surface area contributed by atoms with Gasteiger partial charge >= 0.3 is 0 Å². The van der Waals surface area contributed by atoms with Gasteiger partial charge in [0.25, 0.3) is 5.91 Å². The first kappa shape index (κ1) is 39.0. The van der Waals surface area contributed by atoms with Crippen LogP contribution in [0.5, 0.6) is 5.75 Å². The molecule has 53 heavy (non-hydrogen) atoms. The van der Waals surface area contributed by atoms with Gasteiger partial charge in [0.05, 0.1) is 30.2 Å². The van der Waals surface area contributed by atoms with Crippen molar-refractivity contribution in [2.45, 2.75) is 89.3 Å². The van der Waals surface area contributed by atoms with Gasteiger partial charge in [0.1, 0.15) is 18.4 Å². The molecule has 0 unspecified atom stereocenters. The zero-order valence-electron chi connectivity index (χ0n) is 30.7. The number of nitrogens with two attached hydrogens (primary N) is 1. The van der Waals surface area contributed by atoms with Crippen LogP contribution in [0.2, 0.25) is 0 Å². The predicted octanol–water partition coefficient (Wildman–Crippen LogP) is 4.25. The van der Waals surface area contributed by atoms with Crippen LogP contribution in [0.3, 0.4) is 0 Å². The lowest BCUT2D eigenvalue weighted by Gasteiger charge is -2.41. The molecule has 0 radical (unpaired) electrons. The molecule has 4 amide bonds. The van der Waals surface area contributed by atoms with Gasteiger partial charge in [0.2, 0.25) is 17.7 Å². The summed E-state index contributed by atoms with van der Waals surface area (Å²) in [5.74, 6) is -1.94. The van der Waals surface area contributed by atoms with Crippen LogP contribution >= 0.6 is 0 Å². The fourth-order valence-corrected chi connectivity index (χ4v) is 6.59. The number of primary amides is 1. The number of carbonyl (C=O) groups excluding carboxylic acids is 4. The van der Waals surface area contributed by atoms with Crippen molar-refractivity contribution >= 4 is 34.4 Å². The SMILES string of the molecule is CC(C)(C)N(C[C@@H](O)[C@H](Cc1ccccc1)NC(=O)[C@H](CC(N)=O)NC(=O)c1cc2ccccc2cc1OCc1ccccc1)C(=O)[C@@H]1CCCCN1. The van der Waals surface area contributed by atoms with E-state index in [-0.39, 0.29) is 37.1 Å². The van der Waals surface area contributed by atoms with Gasteiger partial charge in [0, 0.05) is 12.1 Å². The number of amides is 4. The average molecular weight is 722 g/mol. The summed E-state index contributed by atoms with van der Waals surface area (Å²) in [6.45, 7) is 6.63. The third kappa shape index (κ3) is 10.9. The number of piperidine rings is 1. The van der Waals surface area contributed by atoms with E-state index in [9.17, 15) is 24.3 Å². The smallest absolute Gasteiger partial charge is 0.255 e. The highest BCUT2D eigenvalue weighted by atomic mass is 16.5. The van der Waals surface area contributed by atoms with Crippen molar-refractivity contribution in [2.24, 2.45) is 5.73 Å². The number of nitrogens with one attached hydrogen (secondary N) is 3. The molecule has 0 aromatic heterocycles. The molecular weight excluding hydrogens is 670 g/mol. The van der Waals surface area contributed by atoms with Crippen LogP contribution in [-0.2, 0) is 27.4 Å². The molecule has 1 saturated heterocycles. The largest absolute Gasteiger partial charge is 0.488 e. The van der Waals surface area contributed by atoms with E-state index < -0.39 is 47.9 Å². The second-order valence-electron chi connectivity index (χ2n) is 14.7. The van der Waals surface area contributed by atoms with Gasteiger partial charge in [-0.25, -0.2) is 0 Å². The number of rotatable bonds is 15. The maximum Gasteiger partial charge on any atom is 0.255 e. The Morgan fingerprint density at radius 1 is 0.887 bits per heavy atom. The van der Waals surface area contributed by atoms with Crippen LogP contribution in [-0.4, -0.2) is 76.5 Å². The molecule has 0 bridgehead atoms. The lowest BCUT2D eigenvalue weighted by atomic mass is 9.96. The fourth-order valence-electron chi connectivity index (χ4n) is 6.59. The van der Waals surface area contributed by atoms with Gasteiger partial charge in [-0.05, 0) is 80.6 Å². The van der Waals surface area contributed by atoms with Gasteiger partial charge in [-0.15, -0.1) is 0 Å². The zero-order valence-corrected chi connectivity index (χ0v) is 30.7. The quantitative estimate of drug-likeness (QED) is 0.123. The van der Waals surface area contributed by atoms with E-state index in [0.29, 0.717) is 12.2 Å². The van der Waals surface area contributed by atoms with Crippen molar-refractivity contribution in [3.8, 4) is 5.75 Å². The molecule has 4 aromatic carbocycles. The maximum absolute atomic E-state index is 14.1. The second kappa shape index (κ2) is 18.0. The van der Waals surface area contributed by atoms with Crippen molar-refractivity contribution < 1.29 is 29.0 Å². The third-order valence-corrected chi connectivity index (χ3v) is 9.50. The number of hydrogen-bond donors (Lipinski definition) is 5. The van der Waals surface area contributed by atoms with Crippen molar-refractivity contribution in [2.75, 3.05) is 13.1 Å². The van der Waals surface area contributed by atoms with Crippen LogP contribution in [0.4, 0.5) is 0 Å². The van der Waals surface area contributed by atoms with Gasteiger partial charge in [-0.2, -0.15) is 0 Å². The minimum absolute atomic E-state index is 0.0512. The van der Waals surface area contributed by atoms with E-state index in [1.54, 1.807) is 17.0 Å². The number of aliphatic hydroxyl groups excluding tert-OH is 1. The van der Waals surface area contributed by atoms with Gasteiger partial charge in [-0.3, -0.25) is 19.2 Å². The van der Waals surface area contributed by atoms with Crippen LogP contribution in [0.25, 0.3) is 10.8 Å². The lowest BCUT2D eigenvalue weighted by molar-refractivity contribution is -0.141. The summed E-state index contributed by atoms with van der Waals surface area (Å²) in [5.41, 5.74) is 6.90. The van der Waals surface area contributed by atoms with Gasteiger partial charge in [-0.1, -0.05) is 91.3 Å². The molecule has 4 aromatic rings. The molecule has 1 fully saturated rings. The Balaban J connectivity index is 1.39. The number of aliphatic hydroxyl groups is 1. The summed E-state index contributed by atoms with van der Waals surface area (Å²) in [7, 11) is 0. The number of hydrogen-bond acceptors (Lipinski definition) is 7. The summed E-state index contributed by atoms with van der Waals surface area (Å²) in [6, 6.07) is 27.2. The highest BCUT2D eigenvalue weighted by Gasteiger charge is 2.36. The summed E-state index contributed by atoms with van der Waals surface area (Å²) < 4.78 is 6.14. The zero-order chi connectivity index (χ0) is 38.0. The summed E-state index contributed by atoms with van der Waals surface area (Å²) in [6.07, 6.45) is 1.17. The Morgan fingerprint density at radius 2 is 1.51 bits per heavy atom. The Labute approximate surface area is 311 Å². The minimum atomic E-state index is -1.37. The Bertz CT molecular complexity index is 1860. The summed E-state index contributed by atoms with van der Waals surface area (Å²) in [4.78, 5) is 55.8. The topological polar surface area (TPSA) is 163 Å². The Morgan fingerprint density at radius 3 is 2.11 bits per heavy atom. The number of fused-ring (bicyclic) bond motifs is 1. The number of nitrogens with zero attached hydrogens (tertiary/aromatic N) is 1. The summed E-state index contributed by atoms with van der Waals surface area (Å²) >= 11 is 0. The Hall–Kier alpha value is -5.26. The number of benzene rings is 4. The van der Waals surface area contributed by atoms with E-state index in [1.165, 1.54) is 0 Å². The van der Waals surface area contributed by atoms with Crippen molar-refractivity contribution in [1.82, 2.24) is 20.9 Å². The van der Waals surface area contributed by atoms with Crippen LogP contribution in [0.1, 0.15) is 67.9 Å². The lowest BCUT2D eigenvalue weighted by Crippen LogP contribution is -2.60. The molecule has 11 nitrogen and oxygen atoms in total. The van der Waals surface area contributed by atoms with Crippen LogP contribution in [0, 0.1) is 0 Å². The van der Waals surface area contributed by atoms with Crippen LogP contribution < -0.4 is 26.4 Å². The van der Waals surface area contributed by atoms with E-state index in [0.717, 1.165) is 41.3 Å². The molecule has 1 aliphatic heterocycles. The average Bonchev–Trinajstić information content (AvgIpc) is 3.15. The van der Waals surface area contributed by atoms with E-state index >= 15 is 0 Å². The number of β-amino-alcohol motifs (C(OH)–C–C–N with tert-alkyl or cyclic N) is 1. The van der Waals surface area contributed by atoms with Gasteiger partial charge in [0.15, 0.2) is 0 Å². The maximum atomic E-state index is 14.1. The van der Waals surface area contributed by atoms with Crippen molar-refractivity contribution in [3.63, 3.8) is 0 Å². The molecular formula is C42H51N5O6. The highest BCUT2D eigenvalue weighted by molar-refractivity contribution is 6.04. The predicted molar refractivity (Wildman–Crippen MR) is 205 cm³/mol. The molecule has 0 saturated carbocycles. The normalized spacial score (nSPS) is 16.2. The number of ether oxygens (including phenoxy) is 1. The summed E-state index contributed by atoms with van der Waals surface area (Å²) in [5, 5.41) is 22.4. The van der Waals surface area contributed by atoms with E-state index in [4.69, 9.17) is 10.5 Å². The molecule has 280 valence electrons. The fraction of sp³-hybridized carbons (Fsp3) is 0.381. The first-order valence-electron chi connectivity index (χ1n) is 18.2. The van der Waals surface area contributed by atoms with Crippen molar-refractivity contribution in [1.29, 1.82) is 0 Å². The second-order valence-corrected chi connectivity index (χ2v) is 14.7. The van der Waals surface area contributed by atoms with E-state index in [2.05, 4.69) is 16.0 Å². The molecule has 0 spiro atoms. The molecule has 1 heterocycles. The molecule has 0 aliphatic carbocycles. The Kier molecular flexibility index (Phi) is 13.2. The first-order chi connectivity index (χ1) is 25.4. The highest BCUT2D eigenvalue weighted by Crippen LogP contribution is 2.28. The first-order valence-corrected chi connectivity index (χ1v) is 18.2. The molecule has 4 atom stereocenters. The minimum Gasteiger partial charge on any atom is -0.488 e.